The number of methoxy groups -OCH3 is 1. The van der Waals surface area contributed by atoms with E-state index in [1.54, 1.807) is 18.9 Å². The van der Waals surface area contributed by atoms with Crippen molar-refractivity contribution in [2.45, 2.75) is 17.3 Å². The quantitative estimate of drug-likeness (QED) is 0.835. The van der Waals surface area contributed by atoms with Gasteiger partial charge in [0.1, 0.15) is 5.75 Å². The highest BCUT2D eigenvalue weighted by Crippen LogP contribution is 2.24. The van der Waals surface area contributed by atoms with Crippen LogP contribution in [-0.4, -0.2) is 12.2 Å². The van der Waals surface area contributed by atoms with Gasteiger partial charge in [-0.05, 0) is 35.4 Å². The van der Waals surface area contributed by atoms with E-state index >= 15 is 0 Å². The molecule has 0 aliphatic rings. The molecule has 0 aromatic heterocycles. The average molecular weight is 260 g/mol. The minimum atomic E-state index is 0.0942. The van der Waals surface area contributed by atoms with Crippen LogP contribution >= 0.6 is 11.8 Å². The van der Waals surface area contributed by atoms with Crippen molar-refractivity contribution < 1.29 is 9.84 Å². The summed E-state index contributed by atoms with van der Waals surface area (Å²) in [7, 11) is 1.67. The Hall–Kier alpha value is -1.45. The molecular formula is C15H16O2S. The highest BCUT2D eigenvalue weighted by molar-refractivity contribution is 7.98. The molecule has 1 N–H and O–H groups in total. The molecule has 0 aliphatic heterocycles. The van der Waals surface area contributed by atoms with Crippen molar-refractivity contribution >= 4 is 11.8 Å². The zero-order valence-corrected chi connectivity index (χ0v) is 11.1. The second-order valence-corrected chi connectivity index (χ2v) is 4.99. The van der Waals surface area contributed by atoms with Crippen LogP contribution in [0.25, 0.3) is 0 Å². The first-order chi connectivity index (χ1) is 8.81. The van der Waals surface area contributed by atoms with E-state index in [2.05, 4.69) is 18.2 Å². The summed E-state index contributed by atoms with van der Waals surface area (Å²) in [5.41, 5.74) is 2.21. The molecular weight excluding hydrogens is 244 g/mol. The van der Waals surface area contributed by atoms with Crippen LogP contribution in [0.3, 0.4) is 0 Å². The van der Waals surface area contributed by atoms with Crippen LogP contribution in [0, 0.1) is 0 Å². The number of rotatable bonds is 5. The number of aliphatic hydroxyl groups is 1. The van der Waals surface area contributed by atoms with E-state index in [4.69, 9.17) is 9.84 Å². The Kier molecular flexibility index (Phi) is 4.67. The Morgan fingerprint density at radius 1 is 1.06 bits per heavy atom. The highest BCUT2D eigenvalue weighted by atomic mass is 32.2. The number of aliphatic hydroxyl groups excluding tert-OH is 1. The Labute approximate surface area is 112 Å². The van der Waals surface area contributed by atoms with Crippen molar-refractivity contribution in [3.63, 3.8) is 0 Å². The fraction of sp³-hybridized carbons (Fsp3) is 0.200. The Bertz CT molecular complexity index is 494. The third-order valence-electron chi connectivity index (χ3n) is 2.65. The first-order valence-electron chi connectivity index (χ1n) is 5.77. The second kappa shape index (κ2) is 6.47. The van der Waals surface area contributed by atoms with Crippen molar-refractivity contribution in [3.8, 4) is 5.75 Å². The maximum Gasteiger partial charge on any atom is 0.118 e. The van der Waals surface area contributed by atoms with Crippen LogP contribution in [0.5, 0.6) is 5.75 Å². The molecule has 3 heteroatoms. The van der Waals surface area contributed by atoms with Gasteiger partial charge in [0.05, 0.1) is 13.7 Å². The molecule has 0 bridgehead atoms. The van der Waals surface area contributed by atoms with Gasteiger partial charge in [-0.2, -0.15) is 0 Å². The molecule has 0 amide bonds. The maximum atomic E-state index is 9.08. The van der Waals surface area contributed by atoms with E-state index in [0.717, 1.165) is 17.1 Å². The van der Waals surface area contributed by atoms with Crippen LogP contribution in [-0.2, 0) is 12.4 Å². The SMILES string of the molecule is COc1ccc(CSc2cccc(CO)c2)cc1. The standard InChI is InChI=1S/C15H16O2S/c1-17-14-7-5-12(6-8-14)11-18-15-4-2-3-13(9-15)10-16/h2-9,16H,10-11H2,1H3. The summed E-state index contributed by atoms with van der Waals surface area (Å²) in [5.74, 6) is 1.80. The van der Waals surface area contributed by atoms with Gasteiger partial charge in [-0.15, -0.1) is 11.8 Å². The van der Waals surface area contributed by atoms with Crippen molar-refractivity contribution in [2.24, 2.45) is 0 Å². The number of hydrogen-bond donors (Lipinski definition) is 1. The Morgan fingerprint density at radius 3 is 2.50 bits per heavy atom. The predicted molar refractivity (Wildman–Crippen MR) is 74.9 cm³/mol. The Balaban J connectivity index is 1.97. The second-order valence-electron chi connectivity index (χ2n) is 3.94. The molecule has 0 radical (unpaired) electrons. The molecule has 0 heterocycles. The van der Waals surface area contributed by atoms with Crippen LogP contribution in [0.4, 0.5) is 0 Å². The van der Waals surface area contributed by atoms with E-state index < -0.39 is 0 Å². The predicted octanol–water partition coefficient (Wildman–Crippen LogP) is 3.48. The zero-order chi connectivity index (χ0) is 12.8. The van der Waals surface area contributed by atoms with Gasteiger partial charge in [0.25, 0.3) is 0 Å². The summed E-state index contributed by atoms with van der Waals surface area (Å²) in [6.07, 6.45) is 0. The lowest BCUT2D eigenvalue weighted by molar-refractivity contribution is 0.281. The van der Waals surface area contributed by atoms with Crippen LogP contribution in [0.1, 0.15) is 11.1 Å². The van der Waals surface area contributed by atoms with Gasteiger partial charge in [-0.25, -0.2) is 0 Å². The van der Waals surface area contributed by atoms with E-state index in [1.807, 2.05) is 30.3 Å². The third kappa shape index (κ3) is 3.52. The zero-order valence-electron chi connectivity index (χ0n) is 10.3. The molecule has 0 fully saturated rings. The average Bonchev–Trinajstić information content (AvgIpc) is 2.46. The van der Waals surface area contributed by atoms with Crippen molar-refractivity contribution in [1.82, 2.24) is 0 Å². The summed E-state index contributed by atoms with van der Waals surface area (Å²) in [6.45, 7) is 0.0942. The van der Waals surface area contributed by atoms with Gasteiger partial charge < -0.3 is 9.84 Å². The lowest BCUT2D eigenvalue weighted by Gasteiger charge is -2.05. The minimum absolute atomic E-state index is 0.0942. The minimum Gasteiger partial charge on any atom is -0.497 e. The van der Waals surface area contributed by atoms with Gasteiger partial charge in [-0.1, -0.05) is 24.3 Å². The number of ether oxygens (including phenoxy) is 1. The normalized spacial score (nSPS) is 10.3. The maximum absolute atomic E-state index is 9.08. The topological polar surface area (TPSA) is 29.5 Å². The van der Waals surface area contributed by atoms with Gasteiger partial charge in [0.15, 0.2) is 0 Å². The fourth-order valence-corrected chi connectivity index (χ4v) is 2.56. The summed E-state index contributed by atoms with van der Waals surface area (Å²) >= 11 is 1.76. The smallest absolute Gasteiger partial charge is 0.118 e. The molecule has 2 rings (SSSR count). The molecule has 0 aliphatic carbocycles. The molecule has 2 aromatic rings. The lowest BCUT2D eigenvalue weighted by atomic mass is 10.2. The van der Waals surface area contributed by atoms with Gasteiger partial charge >= 0.3 is 0 Å². The molecule has 0 atom stereocenters. The first kappa shape index (κ1) is 13.0. The van der Waals surface area contributed by atoms with E-state index in [0.29, 0.717) is 0 Å². The van der Waals surface area contributed by atoms with Crippen LogP contribution in [0.2, 0.25) is 0 Å². The van der Waals surface area contributed by atoms with E-state index in [1.165, 1.54) is 10.5 Å². The van der Waals surface area contributed by atoms with E-state index in [-0.39, 0.29) is 6.61 Å². The number of benzene rings is 2. The van der Waals surface area contributed by atoms with Gasteiger partial charge in [0, 0.05) is 10.6 Å². The molecule has 0 unspecified atom stereocenters. The summed E-state index contributed by atoms with van der Waals surface area (Å²) < 4.78 is 5.13. The van der Waals surface area contributed by atoms with Gasteiger partial charge in [0.2, 0.25) is 0 Å². The monoisotopic (exact) mass is 260 g/mol. The summed E-state index contributed by atoms with van der Waals surface area (Å²) in [4.78, 5) is 1.18. The van der Waals surface area contributed by atoms with Gasteiger partial charge in [-0.3, -0.25) is 0 Å². The third-order valence-corrected chi connectivity index (χ3v) is 3.71. The van der Waals surface area contributed by atoms with E-state index in [9.17, 15) is 0 Å². The first-order valence-corrected chi connectivity index (χ1v) is 6.76. The molecule has 94 valence electrons. The van der Waals surface area contributed by atoms with Crippen molar-refractivity contribution in [2.75, 3.05) is 7.11 Å². The summed E-state index contributed by atoms with van der Waals surface area (Å²) in [6, 6.07) is 16.1. The Morgan fingerprint density at radius 2 is 1.83 bits per heavy atom. The van der Waals surface area contributed by atoms with Crippen molar-refractivity contribution in [3.05, 3.63) is 59.7 Å². The summed E-state index contributed by atoms with van der Waals surface area (Å²) in [5, 5.41) is 9.08. The molecule has 2 aromatic carbocycles. The number of hydrogen-bond acceptors (Lipinski definition) is 3. The molecule has 2 nitrogen and oxygen atoms in total. The molecule has 18 heavy (non-hydrogen) atoms. The fourth-order valence-electron chi connectivity index (χ4n) is 1.62. The van der Waals surface area contributed by atoms with Crippen LogP contribution in [0.15, 0.2) is 53.4 Å². The highest BCUT2D eigenvalue weighted by Gasteiger charge is 1.98. The number of thioether (sulfide) groups is 1. The molecule has 0 saturated carbocycles. The molecule has 0 saturated heterocycles. The largest absolute Gasteiger partial charge is 0.497 e. The molecule has 0 spiro atoms. The lowest BCUT2D eigenvalue weighted by Crippen LogP contribution is -1.85. The van der Waals surface area contributed by atoms with Crippen molar-refractivity contribution in [1.29, 1.82) is 0 Å². The van der Waals surface area contributed by atoms with Crippen LogP contribution < -0.4 is 4.74 Å².